The van der Waals surface area contributed by atoms with Crippen LogP contribution in [-0.4, -0.2) is 37.6 Å². The van der Waals surface area contributed by atoms with Crippen LogP contribution in [0.5, 0.6) is 5.75 Å². The van der Waals surface area contributed by atoms with Crippen molar-refractivity contribution in [2.24, 2.45) is 0 Å². The van der Waals surface area contributed by atoms with Gasteiger partial charge in [-0.1, -0.05) is 49.4 Å². The second-order valence-corrected chi connectivity index (χ2v) is 7.27. The molecule has 1 atom stereocenters. The Morgan fingerprint density at radius 1 is 1.07 bits per heavy atom. The van der Waals surface area contributed by atoms with Crippen LogP contribution in [0.1, 0.15) is 37.3 Å². The van der Waals surface area contributed by atoms with E-state index in [9.17, 15) is 4.79 Å². The van der Waals surface area contributed by atoms with Gasteiger partial charge in [0.2, 0.25) is 5.91 Å². The SMILES string of the molecule is CCN1CCC[C@@](C(=O)NCc2ccc(OC)cc2)(c2ccccc2)CC1. The molecule has 0 saturated carbocycles. The zero-order valence-electron chi connectivity index (χ0n) is 16.4. The van der Waals surface area contributed by atoms with Crippen molar-refractivity contribution in [2.75, 3.05) is 26.7 Å². The van der Waals surface area contributed by atoms with Crippen LogP contribution in [0.25, 0.3) is 0 Å². The van der Waals surface area contributed by atoms with Crippen LogP contribution in [-0.2, 0) is 16.8 Å². The maximum Gasteiger partial charge on any atom is 0.230 e. The summed E-state index contributed by atoms with van der Waals surface area (Å²) >= 11 is 0. The Morgan fingerprint density at radius 3 is 2.48 bits per heavy atom. The summed E-state index contributed by atoms with van der Waals surface area (Å²) in [5.74, 6) is 0.969. The average Bonchev–Trinajstić information content (AvgIpc) is 2.96. The molecule has 1 N–H and O–H groups in total. The summed E-state index contributed by atoms with van der Waals surface area (Å²) in [5, 5.41) is 3.21. The molecule has 0 unspecified atom stereocenters. The van der Waals surface area contributed by atoms with E-state index in [0.717, 1.165) is 55.8 Å². The number of nitrogens with one attached hydrogen (secondary N) is 1. The molecule has 1 aliphatic heterocycles. The topological polar surface area (TPSA) is 41.6 Å². The summed E-state index contributed by atoms with van der Waals surface area (Å²) in [5.41, 5.74) is 1.77. The number of carbonyl (C=O) groups excluding carboxylic acids is 1. The zero-order valence-corrected chi connectivity index (χ0v) is 16.4. The van der Waals surface area contributed by atoms with Gasteiger partial charge in [-0.05, 0) is 62.2 Å². The van der Waals surface area contributed by atoms with Crippen LogP contribution >= 0.6 is 0 Å². The van der Waals surface area contributed by atoms with Crippen LogP contribution < -0.4 is 10.1 Å². The number of benzene rings is 2. The molecule has 0 radical (unpaired) electrons. The average molecular weight is 367 g/mol. The molecule has 0 bridgehead atoms. The van der Waals surface area contributed by atoms with Crippen molar-refractivity contribution in [3.8, 4) is 5.75 Å². The van der Waals surface area contributed by atoms with E-state index in [1.54, 1.807) is 7.11 Å². The molecule has 0 spiro atoms. The number of carbonyl (C=O) groups is 1. The zero-order chi connectivity index (χ0) is 19.1. The van der Waals surface area contributed by atoms with Gasteiger partial charge < -0.3 is 15.0 Å². The molecule has 1 fully saturated rings. The third-order valence-electron chi connectivity index (χ3n) is 5.75. The second-order valence-electron chi connectivity index (χ2n) is 7.27. The smallest absolute Gasteiger partial charge is 0.230 e. The Balaban J connectivity index is 1.78. The summed E-state index contributed by atoms with van der Waals surface area (Å²) in [7, 11) is 1.66. The molecule has 144 valence electrons. The molecule has 27 heavy (non-hydrogen) atoms. The Labute approximate surface area is 162 Å². The first kappa shape index (κ1) is 19.4. The van der Waals surface area contributed by atoms with Gasteiger partial charge in [-0.2, -0.15) is 0 Å². The predicted molar refractivity (Wildman–Crippen MR) is 109 cm³/mol. The number of amides is 1. The van der Waals surface area contributed by atoms with Gasteiger partial charge in [-0.15, -0.1) is 0 Å². The number of nitrogens with zero attached hydrogens (tertiary/aromatic N) is 1. The minimum Gasteiger partial charge on any atom is -0.497 e. The summed E-state index contributed by atoms with van der Waals surface area (Å²) < 4.78 is 5.21. The predicted octanol–water partition coefficient (Wildman–Crippen LogP) is 3.76. The lowest BCUT2D eigenvalue weighted by atomic mass is 9.73. The molecule has 0 aliphatic carbocycles. The Kier molecular flexibility index (Phi) is 6.51. The largest absolute Gasteiger partial charge is 0.497 e. The van der Waals surface area contributed by atoms with Crippen LogP contribution in [0.15, 0.2) is 54.6 Å². The first-order valence-electron chi connectivity index (χ1n) is 9.87. The number of hydrogen-bond donors (Lipinski definition) is 1. The van der Waals surface area contributed by atoms with E-state index >= 15 is 0 Å². The Morgan fingerprint density at radius 2 is 1.81 bits per heavy atom. The summed E-state index contributed by atoms with van der Waals surface area (Å²) in [4.78, 5) is 15.9. The van der Waals surface area contributed by atoms with Crippen LogP contribution in [0.3, 0.4) is 0 Å². The van der Waals surface area contributed by atoms with Crippen molar-refractivity contribution in [1.82, 2.24) is 10.2 Å². The van der Waals surface area contributed by atoms with Gasteiger partial charge in [0.25, 0.3) is 0 Å². The van der Waals surface area contributed by atoms with E-state index in [0.29, 0.717) is 6.54 Å². The summed E-state index contributed by atoms with van der Waals surface area (Å²) in [6, 6.07) is 18.2. The van der Waals surface area contributed by atoms with E-state index in [1.807, 2.05) is 42.5 Å². The van der Waals surface area contributed by atoms with Gasteiger partial charge in [0, 0.05) is 6.54 Å². The lowest BCUT2D eigenvalue weighted by Gasteiger charge is -2.32. The van der Waals surface area contributed by atoms with E-state index in [2.05, 4.69) is 29.3 Å². The number of likely N-dealkylation sites (tertiary alicyclic amines) is 1. The fourth-order valence-electron chi connectivity index (χ4n) is 4.01. The fraction of sp³-hybridized carbons (Fsp3) is 0.435. The number of rotatable bonds is 6. The number of methoxy groups -OCH3 is 1. The molecule has 4 nitrogen and oxygen atoms in total. The highest BCUT2D eigenvalue weighted by Gasteiger charge is 2.40. The molecule has 2 aromatic rings. The molecule has 1 saturated heterocycles. The van der Waals surface area contributed by atoms with Crippen molar-refractivity contribution in [1.29, 1.82) is 0 Å². The third-order valence-corrected chi connectivity index (χ3v) is 5.75. The Hall–Kier alpha value is -2.33. The molecular formula is C23H30N2O2. The molecule has 3 rings (SSSR count). The van der Waals surface area contributed by atoms with E-state index < -0.39 is 5.41 Å². The molecule has 1 aliphatic rings. The van der Waals surface area contributed by atoms with Crippen molar-refractivity contribution in [3.05, 3.63) is 65.7 Å². The van der Waals surface area contributed by atoms with Crippen LogP contribution in [0.2, 0.25) is 0 Å². The highest BCUT2D eigenvalue weighted by molar-refractivity contribution is 5.88. The molecule has 1 amide bonds. The van der Waals surface area contributed by atoms with Crippen LogP contribution in [0.4, 0.5) is 0 Å². The first-order valence-corrected chi connectivity index (χ1v) is 9.87. The van der Waals surface area contributed by atoms with E-state index in [-0.39, 0.29) is 5.91 Å². The quantitative estimate of drug-likeness (QED) is 0.846. The molecule has 4 heteroatoms. The second kappa shape index (κ2) is 9.05. The van der Waals surface area contributed by atoms with Gasteiger partial charge >= 0.3 is 0 Å². The van der Waals surface area contributed by atoms with E-state index in [4.69, 9.17) is 4.74 Å². The van der Waals surface area contributed by atoms with Gasteiger partial charge in [-0.25, -0.2) is 0 Å². The van der Waals surface area contributed by atoms with Gasteiger partial charge in [0.1, 0.15) is 5.75 Å². The van der Waals surface area contributed by atoms with Gasteiger partial charge in [-0.3, -0.25) is 4.79 Å². The van der Waals surface area contributed by atoms with E-state index in [1.165, 1.54) is 0 Å². The normalized spacial score (nSPS) is 20.7. The summed E-state index contributed by atoms with van der Waals surface area (Å²) in [6.45, 7) is 5.80. The molecule has 1 heterocycles. The standard InChI is InChI=1S/C23H30N2O2/c1-3-25-16-7-14-23(15-17-25,20-8-5-4-6-9-20)22(26)24-18-19-10-12-21(27-2)13-11-19/h4-6,8-13H,3,7,14-18H2,1-2H3,(H,24,26)/t23-/m0/s1. The highest BCUT2D eigenvalue weighted by atomic mass is 16.5. The monoisotopic (exact) mass is 366 g/mol. The Bertz CT molecular complexity index is 730. The lowest BCUT2D eigenvalue weighted by Crippen LogP contribution is -2.45. The first-order chi connectivity index (χ1) is 13.2. The van der Waals surface area contributed by atoms with Crippen molar-refractivity contribution in [2.45, 2.75) is 38.1 Å². The maximum absolute atomic E-state index is 13.4. The van der Waals surface area contributed by atoms with Crippen molar-refractivity contribution in [3.63, 3.8) is 0 Å². The lowest BCUT2D eigenvalue weighted by molar-refractivity contribution is -0.127. The number of hydrogen-bond acceptors (Lipinski definition) is 3. The molecular weight excluding hydrogens is 336 g/mol. The third kappa shape index (κ3) is 4.51. The summed E-state index contributed by atoms with van der Waals surface area (Å²) in [6.07, 6.45) is 2.79. The van der Waals surface area contributed by atoms with Gasteiger partial charge in [0.15, 0.2) is 0 Å². The number of ether oxygens (including phenoxy) is 1. The molecule has 2 aromatic carbocycles. The fourth-order valence-corrected chi connectivity index (χ4v) is 4.01. The minimum absolute atomic E-state index is 0.141. The van der Waals surface area contributed by atoms with Crippen molar-refractivity contribution < 1.29 is 9.53 Å². The highest BCUT2D eigenvalue weighted by Crippen LogP contribution is 2.36. The molecule has 0 aromatic heterocycles. The van der Waals surface area contributed by atoms with Crippen molar-refractivity contribution >= 4 is 5.91 Å². The minimum atomic E-state index is -0.447. The van der Waals surface area contributed by atoms with Gasteiger partial charge in [0.05, 0.1) is 12.5 Å². The van der Waals surface area contributed by atoms with Crippen LogP contribution in [0, 0.1) is 0 Å². The maximum atomic E-state index is 13.4.